The Balaban J connectivity index is 2.91. The topological polar surface area (TPSA) is 68.0 Å². The van der Waals surface area contributed by atoms with Gasteiger partial charge in [-0.15, -0.1) is 0 Å². The standard InChI is InChI=1S/C9H8F5N3O/c1-4-2-6(16-3-5(4)15)17-7(18)8(10,11)9(12,13)14/h2-3H,15H2,1H3,(H,16,17,18). The Hall–Kier alpha value is -1.93. The first-order chi connectivity index (χ1) is 8.05. The first-order valence-corrected chi connectivity index (χ1v) is 4.54. The van der Waals surface area contributed by atoms with Crippen LogP contribution in [0.4, 0.5) is 33.5 Å². The van der Waals surface area contributed by atoms with E-state index in [0.29, 0.717) is 5.56 Å². The molecular weight excluding hydrogens is 261 g/mol. The summed E-state index contributed by atoms with van der Waals surface area (Å²) in [6, 6.07) is 1.08. The molecule has 0 radical (unpaired) electrons. The Morgan fingerprint density at radius 3 is 2.33 bits per heavy atom. The van der Waals surface area contributed by atoms with E-state index in [0.717, 1.165) is 12.3 Å². The molecule has 1 aromatic rings. The zero-order chi connectivity index (χ0) is 14.1. The number of anilines is 2. The van der Waals surface area contributed by atoms with E-state index >= 15 is 0 Å². The second-order valence-corrected chi connectivity index (χ2v) is 3.45. The maximum Gasteiger partial charge on any atom is 0.463 e. The number of hydrogen-bond donors (Lipinski definition) is 2. The monoisotopic (exact) mass is 269 g/mol. The molecule has 100 valence electrons. The van der Waals surface area contributed by atoms with Crippen molar-refractivity contribution in [1.29, 1.82) is 0 Å². The number of aryl methyl sites for hydroxylation is 1. The average Bonchev–Trinajstić information content (AvgIpc) is 2.21. The third-order valence-electron chi connectivity index (χ3n) is 2.03. The van der Waals surface area contributed by atoms with Gasteiger partial charge in [-0.3, -0.25) is 4.79 Å². The van der Waals surface area contributed by atoms with Crippen LogP contribution in [-0.2, 0) is 4.79 Å². The minimum Gasteiger partial charge on any atom is -0.397 e. The van der Waals surface area contributed by atoms with Gasteiger partial charge in [-0.2, -0.15) is 22.0 Å². The van der Waals surface area contributed by atoms with Crippen molar-refractivity contribution in [3.63, 3.8) is 0 Å². The van der Waals surface area contributed by atoms with Crippen molar-refractivity contribution in [3.05, 3.63) is 17.8 Å². The molecule has 0 bridgehead atoms. The number of nitrogens with zero attached hydrogens (tertiary/aromatic N) is 1. The molecule has 3 N–H and O–H groups in total. The molecule has 1 aromatic heterocycles. The van der Waals surface area contributed by atoms with Crippen LogP contribution in [0, 0.1) is 6.92 Å². The van der Waals surface area contributed by atoms with Gasteiger partial charge >= 0.3 is 18.0 Å². The lowest BCUT2D eigenvalue weighted by atomic mass is 10.2. The Labute approximate surface area is 98.0 Å². The minimum atomic E-state index is -5.96. The summed E-state index contributed by atoms with van der Waals surface area (Å²) in [5.74, 6) is -8.41. The van der Waals surface area contributed by atoms with Crippen molar-refractivity contribution < 1.29 is 26.7 Å². The van der Waals surface area contributed by atoms with Gasteiger partial charge in [-0.05, 0) is 18.6 Å². The zero-order valence-electron chi connectivity index (χ0n) is 8.98. The Morgan fingerprint density at radius 1 is 1.33 bits per heavy atom. The summed E-state index contributed by atoms with van der Waals surface area (Å²) in [5.41, 5.74) is 5.97. The number of rotatable bonds is 2. The highest BCUT2D eigenvalue weighted by atomic mass is 19.4. The van der Waals surface area contributed by atoms with Gasteiger partial charge in [0, 0.05) is 0 Å². The highest BCUT2D eigenvalue weighted by molar-refractivity contribution is 5.96. The second-order valence-electron chi connectivity index (χ2n) is 3.45. The third-order valence-corrected chi connectivity index (χ3v) is 2.03. The fourth-order valence-corrected chi connectivity index (χ4v) is 0.958. The molecule has 1 amide bonds. The zero-order valence-corrected chi connectivity index (χ0v) is 8.98. The summed E-state index contributed by atoms with van der Waals surface area (Å²) < 4.78 is 60.8. The maximum atomic E-state index is 12.6. The SMILES string of the molecule is Cc1cc(NC(=O)C(F)(F)C(F)(F)F)ncc1N. The summed E-state index contributed by atoms with van der Waals surface area (Å²) >= 11 is 0. The number of carbonyl (C=O) groups excluding carboxylic acids is 1. The van der Waals surface area contributed by atoms with Crippen molar-refractivity contribution in [2.24, 2.45) is 0 Å². The number of aromatic nitrogens is 1. The van der Waals surface area contributed by atoms with Gasteiger partial charge in [0.2, 0.25) is 0 Å². The second kappa shape index (κ2) is 4.39. The lowest BCUT2D eigenvalue weighted by molar-refractivity contribution is -0.267. The predicted molar refractivity (Wildman–Crippen MR) is 53.0 cm³/mol. The highest BCUT2D eigenvalue weighted by Crippen LogP contribution is 2.36. The van der Waals surface area contributed by atoms with Crippen LogP contribution in [0.25, 0.3) is 0 Å². The quantitative estimate of drug-likeness (QED) is 0.808. The lowest BCUT2D eigenvalue weighted by Crippen LogP contribution is -2.47. The van der Waals surface area contributed by atoms with E-state index in [9.17, 15) is 26.7 Å². The Morgan fingerprint density at radius 2 is 1.89 bits per heavy atom. The van der Waals surface area contributed by atoms with Crippen LogP contribution in [0.2, 0.25) is 0 Å². The summed E-state index contributed by atoms with van der Waals surface area (Å²) in [5, 5.41) is 1.38. The van der Waals surface area contributed by atoms with Crippen LogP contribution in [0.5, 0.6) is 0 Å². The number of carbonyl (C=O) groups is 1. The summed E-state index contributed by atoms with van der Waals surface area (Å²) in [7, 11) is 0. The van der Waals surface area contributed by atoms with Crippen molar-refractivity contribution in [1.82, 2.24) is 4.98 Å². The predicted octanol–water partition coefficient (Wildman–Crippen LogP) is 2.11. The minimum absolute atomic E-state index is 0.218. The first-order valence-electron chi connectivity index (χ1n) is 4.54. The van der Waals surface area contributed by atoms with Crippen molar-refractivity contribution in [3.8, 4) is 0 Å². The maximum absolute atomic E-state index is 12.6. The molecule has 0 aromatic carbocycles. The summed E-state index contributed by atoms with van der Waals surface area (Å²) in [6.45, 7) is 1.48. The number of amides is 1. The molecule has 4 nitrogen and oxygen atoms in total. The first kappa shape index (κ1) is 14.1. The Bertz CT molecular complexity index is 472. The van der Waals surface area contributed by atoms with E-state index < -0.39 is 23.8 Å². The van der Waals surface area contributed by atoms with Crippen LogP contribution in [0.3, 0.4) is 0 Å². The molecule has 0 spiro atoms. The number of nitrogen functional groups attached to an aromatic ring is 1. The Kier molecular flexibility index (Phi) is 3.45. The molecule has 1 rings (SSSR count). The smallest absolute Gasteiger partial charge is 0.397 e. The van der Waals surface area contributed by atoms with E-state index in [4.69, 9.17) is 5.73 Å². The molecule has 0 saturated carbocycles. The van der Waals surface area contributed by atoms with Gasteiger partial charge in [-0.25, -0.2) is 4.98 Å². The fourth-order valence-electron chi connectivity index (χ4n) is 0.958. The highest BCUT2D eigenvalue weighted by Gasteiger charge is 2.63. The largest absolute Gasteiger partial charge is 0.463 e. The van der Waals surface area contributed by atoms with Gasteiger partial charge < -0.3 is 11.1 Å². The van der Waals surface area contributed by atoms with Crippen LogP contribution in [0.1, 0.15) is 5.56 Å². The molecule has 0 aliphatic carbocycles. The van der Waals surface area contributed by atoms with Crippen LogP contribution in [0.15, 0.2) is 12.3 Å². The molecule has 0 atom stereocenters. The van der Waals surface area contributed by atoms with E-state index in [1.807, 2.05) is 0 Å². The van der Waals surface area contributed by atoms with E-state index in [1.165, 1.54) is 12.2 Å². The van der Waals surface area contributed by atoms with Gasteiger partial charge in [0.1, 0.15) is 5.82 Å². The van der Waals surface area contributed by atoms with Crippen LogP contribution in [-0.4, -0.2) is 23.0 Å². The number of hydrogen-bond acceptors (Lipinski definition) is 3. The molecule has 18 heavy (non-hydrogen) atoms. The number of nitrogens with two attached hydrogens (primary N) is 1. The molecule has 9 heteroatoms. The summed E-state index contributed by atoms with van der Waals surface area (Å²) in [6.07, 6.45) is -4.92. The lowest BCUT2D eigenvalue weighted by Gasteiger charge is -2.18. The molecule has 0 aliphatic rings. The summed E-state index contributed by atoms with van der Waals surface area (Å²) in [4.78, 5) is 14.2. The van der Waals surface area contributed by atoms with E-state index in [1.54, 1.807) is 0 Å². The third kappa shape index (κ3) is 2.66. The molecule has 0 saturated heterocycles. The van der Waals surface area contributed by atoms with E-state index in [2.05, 4.69) is 4.98 Å². The number of pyridine rings is 1. The molecule has 0 unspecified atom stereocenters. The average molecular weight is 269 g/mol. The van der Waals surface area contributed by atoms with E-state index in [-0.39, 0.29) is 5.69 Å². The van der Waals surface area contributed by atoms with Crippen LogP contribution >= 0.6 is 0 Å². The van der Waals surface area contributed by atoms with Crippen molar-refractivity contribution >= 4 is 17.4 Å². The molecular formula is C9H8F5N3O. The molecule has 1 heterocycles. The molecule has 0 aliphatic heterocycles. The van der Waals surface area contributed by atoms with Gasteiger partial charge in [0.25, 0.3) is 0 Å². The van der Waals surface area contributed by atoms with Gasteiger partial charge in [-0.1, -0.05) is 0 Å². The molecule has 0 fully saturated rings. The number of nitrogens with one attached hydrogen (secondary N) is 1. The van der Waals surface area contributed by atoms with Crippen molar-refractivity contribution in [2.45, 2.75) is 19.0 Å². The fraction of sp³-hybridized carbons (Fsp3) is 0.333. The number of alkyl halides is 5. The van der Waals surface area contributed by atoms with Crippen LogP contribution < -0.4 is 11.1 Å². The van der Waals surface area contributed by atoms with Gasteiger partial charge in [0.15, 0.2) is 0 Å². The van der Waals surface area contributed by atoms with Gasteiger partial charge in [0.05, 0.1) is 11.9 Å². The van der Waals surface area contributed by atoms with Crippen molar-refractivity contribution in [2.75, 3.05) is 11.1 Å². The normalized spacial score (nSPS) is 12.3. The number of halogens is 5.